The van der Waals surface area contributed by atoms with E-state index in [9.17, 15) is 9.59 Å². The zero-order valence-corrected chi connectivity index (χ0v) is 14.5. The zero-order valence-electron chi connectivity index (χ0n) is 14.5. The standard InChI is InChI=1S/C19H21N3O3/c1-4-25-19(20(2)3)17(23)21(15-11-7-5-8-12-15)18(24)22(19)16-13-9-6-10-14-16/h5-14H,4H2,1-3H3. The van der Waals surface area contributed by atoms with Gasteiger partial charge in [-0.05, 0) is 45.3 Å². The Morgan fingerprint density at radius 3 is 1.92 bits per heavy atom. The molecule has 0 bridgehead atoms. The molecule has 2 aromatic rings. The molecule has 6 heteroatoms. The quantitative estimate of drug-likeness (QED) is 0.621. The molecule has 25 heavy (non-hydrogen) atoms. The molecule has 3 amide bonds. The molecule has 1 unspecified atom stereocenters. The molecule has 130 valence electrons. The van der Waals surface area contributed by atoms with Crippen molar-refractivity contribution in [2.75, 3.05) is 30.5 Å². The molecule has 0 aromatic heterocycles. The van der Waals surface area contributed by atoms with Crippen molar-refractivity contribution in [1.29, 1.82) is 0 Å². The molecule has 1 fully saturated rings. The number of imide groups is 1. The third-order valence-corrected chi connectivity index (χ3v) is 4.15. The van der Waals surface area contributed by atoms with Gasteiger partial charge in [-0.1, -0.05) is 36.4 Å². The highest BCUT2D eigenvalue weighted by Gasteiger charge is 2.61. The first-order valence-corrected chi connectivity index (χ1v) is 8.14. The first-order valence-electron chi connectivity index (χ1n) is 8.14. The fourth-order valence-electron chi connectivity index (χ4n) is 3.07. The number of carbonyl (C=O) groups is 2. The third kappa shape index (κ3) is 2.59. The minimum absolute atomic E-state index is 0.281. The van der Waals surface area contributed by atoms with Gasteiger partial charge < -0.3 is 4.74 Å². The van der Waals surface area contributed by atoms with E-state index < -0.39 is 17.8 Å². The van der Waals surface area contributed by atoms with Crippen molar-refractivity contribution in [2.24, 2.45) is 0 Å². The highest BCUT2D eigenvalue weighted by atomic mass is 16.5. The van der Waals surface area contributed by atoms with E-state index in [1.165, 1.54) is 9.80 Å². The first-order chi connectivity index (χ1) is 12.0. The molecule has 1 aliphatic rings. The molecular weight excluding hydrogens is 318 g/mol. The molecule has 1 saturated heterocycles. The van der Waals surface area contributed by atoms with Gasteiger partial charge in [0.25, 0.3) is 5.85 Å². The summed E-state index contributed by atoms with van der Waals surface area (Å²) in [6, 6.07) is 17.5. The van der Waals surface area contributed by atoms with Gasteiger partial charge in [0.1, 0.15) is 0 Å². The summed E-state index contributed by atoms with van der Waals surface area (Å²) in [5.74, 6) is -1.96. The molecule has 0 spiro atoms. The smallest absolute Gasteiger partial charge is 0.335 e. The van der Waals surface area contributed by atoms with Crippen molar-refractivity contribution in [3.05, 3.63) is 60.7 Å². The largest absolute Gasteiger partial charge is 0.339 e. The van der Waals surface area contributed by atoms with Crippen LogP contribution in [0, 0.1) is 0 Å². The van der Waals surface area contributed by atoms with Crippen LogP contribution in [0.2, 0.25) is 0 Å². The summed E-state index contributed by atoms with van der Waals surface area (Å²) in [7, 11) is 3.45. The van der Waals surface area contributed by atoms with Gasteiger partial charge in [-0.15, -0.1) is 0 Å². The average Bonchev–Trinajstić information content (AvgIpc) is 2.84. The van der Waals surface area contributed by atoms with Gasteiger partial charge in [-0.3, -0.25) is 9.69 Å². The SMILES string of the molecule is CCOC1(N(C)C)C(=O)N(c2ccccc2)C(=O)N1c1ccccc1. The van der Waals surface area contributed by atoms with Crippen LogP contribution in [0.1, 0.15) is 6.92 Å². The molecular formula is C19H21N3O3. The normalized spacial score (nSPS) is 20.6. The van der Waals surface area contributed by atoms with Crippen LogP contribution in [-0.2, 0) is 9.53 Å². The van der Waals surface area contributed by atoms with Crippen molar-refractivity contribution < 1.29 is 14.3 Å². The average molecular weight is 339 g/mol. The Hall–Kier alpha value is -2.70. The number of likely N-dealkylation sites (N-methyl/N-ethyl adjacent to an activating group) is 1. The van der Waals surface area contributed by atoms with Crippen molar-refractivity contribution in [2.45, 2.75) is 12.8 Å². The Bertz CT molecular complexity index is 764. The number of rotatable bonds is 5. The fraction of sp³-hybridized carbons (Fsp3) is 0.263. The van der Waals surface area contributed by atoms with E-state index in [2.05, 4.69) is 0 Å². The van der Waals surface area contributed by atoms with Gasteiger partial charge in [-0.2, -0.15) is 0 Å². The number of benzene rings is 2. The van der Waals surface area contributed by atoms with E-state index in [0.717, 1.165) is 0 Å². The van der Waals surface area contributed by atoms with Gasteiger partial charge in [-0.25, -0.2) is 14.6 Å². The number of para-hydroxylation sites is 2. The second-order valence-electron chi connectivity index (χ2n) is 5.87. The molecule has 0 N–H and O–H groups in total. The van der Waals surface area contributed by atoms with E-state index in [1.807, 2.05) is 24.3 Å². The van der Waals surface area contributed by atoms with Gasteiger partial charge in [0.05, 0.1) is 11.4 Å². The predicted octanol–water partition coefficient (Wildman–Crippen LogP) is 2.91. The summed E-state index contributed by atoms with van der Waals surface area (Å²) in [6.07, 6.45) is 0. The molecule has 6 nitrogen and oxygen atoms in total. The number of hydrogen-bond acceptors (Lipinski definition) is 4. The first kappa shape index (κ1) is 17.1. The van der Waals surface area contributed by atoms with Crippen molar-refractivity contribution in [3.8, 4) is 0 Å². The summed E-state index contributed by atoms with van der Waals surface area (Å²) < 4.78 is 5.89. The fourth-order valence-corrected chi connectivity index (χ4v) is 3.07. The summed E-state index contributed by atoms with van der Waals surface area (Å²) in [5.41, 5.74) is 1.11. The lowest BCUT2D eigenvalue weighted by atomic mass is 10.2. The Labute approximate surface area is 147 Å². The number of nitrogens with zero attached hydrogens (tertiary/aromatic N) is 3. The van der Waals surface area contributed by atoms with Crippen molar-refractivity contribution in [1.82, 2.24) is 4.90 Å². The molecule has 0 saturated carbocycles. The minimum atomic E-state index is -1.52. The highest BCUT2D eigenvalue weighted by Crippen LogP contribution is 2.38. The molecule has 0 aliphatic carbocycles. The Morgan fingerprint density at radius 2 is 1.44 bits per heavy atom. The minimum Gasteiger partial charge on any atom is -0.335 e. The highest BCUT2D eigenvalue weighted by molar-refractivity contribution is 6.29. The van der Waals surface area contributed by atoms with E-state index in [1.54, 1.807) is 62.3 Å². The van der Waals surface area contributed by atoms with Gasteiger partial charge >= 0.3 is 11.9 Å². The molecule has 2 aromatic carbocycles. The Morgan fingerprint density at radius 1 is 0.920 bits per heavy atom. The maximum absolute atomic E-state index is 13.4. The Balaban J connectivity index is 2.19. The monoisotopic (exact) mass is 339 g/mol. The summed E-state index contributed by atoms with van der Waals surface area (Å²) in [4.78, 5) is 30.8. The van der Waals surface area contributed by atoms with Crippen LogP contribution in [0.25, 0.3) is 0 Å². The van der Waals surface area contributed by atoms with Gasteiger partial charge in [0.15, 0.2) is 0 Å². The van der Waals surface area contributed by atoms with Crippen molar-refractivity contribution >= 4 is 23.3 Å². The topological polar surface area (TPSA) is 53.1 Å². The number of ether oxygens (including phenoxy) is 1. The predicted molar refractivity (Wildman–Crippen MR) is 96.3 cm³/mol. The van der Waals surface area contributed by atoms with E-state index >= 15 is 0 Å². The lowest BCUT2D eigenvalue weighted by molar-refractivity contribution is -0.161. The van der Waals surface area contributed by atoms with Crippen LogP contribution in [0.3, 0.4) is 0 Å². The van der Waals surface area contributed by atoms with Crippen LogP contribution in [0.15, 0.2) is 60.7 Å². The maximum Gasteiger partial charge on any atom is 0.339 e. The molecule has 1 heterocycles. The van der Waals surface area contributed by atoms with Crippen molar-refractivity contribution in [3.63, 3.8) is 0 Å². The zero-order chi connectivity index (χ0) is 18.0. The van der Waals surface area contributed by atoms with Crippen LogP contribution < -0.4 is 9.80 Å². The molecule has 1 atom stereocenters. The van der Waals surface area contributed by atoms with E-state index in [0.29, 0.717) is 11.4 Å². The van der Waals surface area contributed by atoms with E-state index in [4.69, 9.17) is 4.74 Å². The van der Waals surface area contributed by atoms with E-state index in [-0.39, 0.29) is 6.61 Å². The lowest BCUT2D eigenvalue weighted by Gasteiger charge is -2.39. The Kier molecular flexibility index (Phi) is 4.57. The number of anilines is 2. The summed E-state index contributed by atoms with van der Waals surface area (Å²) >= 11 is 0. The number of urea groups is 1. The van der Waals surface area contributed by atoms with Gasteiger partial charge in [0.2, 0.25) is 0 Å². The summed E-state index contributed by atoms with van der Waals surface area (Å²) in [6.45, 7) is 2.08. The molecule has 1 aliphatic heterocycles. The van der Waals surface area contributed by atoms with Crippen LogP contribution in [0.4, 0.5) is 16.2 Å². The van der Waals surface area contributed by atoms with Crippen LogP contribution >= 0.6 is 0 Å². The second kappa shape index (κ2) is 6.66. The van der Waals surface area contributed by atoms with Crippen LogP contribution in [0.5, 0.6) is 0 Å². The molecule has 0 radical (unpaired) electrons. The number of amides is 3. The lowest BCUT2D eigenvalue weighted by Crippen LogP contribution is -2.62. The van der Waals surface area contributed by atoms with Gasteiger partial charge in [0, 0.05) is 6.61 Å². The second-order valence-corrected chi connectivity index (χ2v) is 5.87. The third-order valence-electron chi connectivity index (χ3n) is 4.15. The molecule has 3 rings (SSSR count). The maximum atomic E-state index is 13.4. The number of carbonyl (C=O) groups excluding carboxylic acids is 2. The van der Waals surface area contributed by atoms with Crippen LogP contribution in [-0.4, -0.2) is 43.4 Å². The summed E-state index contributed by atoms with van der Waals surface area (Å²) in [5, 5.41) is 0. The number of hydrogen-bond donors (Lipinski definition) is 0.